The van der Waals surface area contributed by atoms with Gasteiger partial charge in [-0.05, 0) is 40.0 Å². The van der Waals surface area contributed by atoms with Crippen molar-refractivity contribution in [2.45, 2.75) is 19.4 Å². The Morgan fingerprint density at radius 2 is 2.00 bits per heavy atom. The smallest absolute Gasteiger partial charge is 0.0593 e. The van der Waals surface area contributed by atoms with Crippen LogP contribution in [-0.4, -0.2) is 91.1 Å². The molecule has 6 nitrogen and oxygen atoms in total. The normalized spacial score (nSPS) is 23.0. The lowest BCUT2D eigenvalue weighted by Gasteiger charge is -2.42. The number of likely N-dealkylation sites (N-methyl/N-ethyl adjacent to an activating group) is 1. The molecule has 0 saturated carbocycles. The first-order valence-electron chi connectivity index (χ1n) is 9.19. The van der Waals surface area contributed by atoms with Crippen LogP contribution in [0, 0.1) is 5.41 Å². The fraction of sp³-hybridized carbons (Fsp3) is 0.833. The second-order valence-corrected chi connectivity index (χ2v) is 7.93. The van der Waals surface area contributed by atoms with E-state index in [1.165, 1.54) is 38.0 Å². The third-order valence-corrected chi connectivity index (χ3v) is 5.46. The van der Waals surface area contributed by atoms with Crippen LogP contribution in [0.4, 0.5) is 0 Å². The van der Waals surface area contributed by atoms with E-state index in [1.807, 2.05) is 17.9 Å². The first kappa shape index (κ1) is 17.9. The Morgan fingerprint density at radius 1 is 1.21 bits per heavy atom. The molecule has 1 aromatic heterocycles. The van der Waals surface area contributed by atoms with Crippen molar-refractivity contribution in [1.82, 2.24) is 24.5 Å². The summed E-state index contributed by atoms with van der Waals surface area (Å²) in [6.07, 6.45) is 6.60. The van der Waals surface area contributed by atoms with Gasteiger partial charge in [-0.3, -0.25) is 14.5 Å². The van der Waals surface area contributed by atoms with Crippen molar-refractivity contribution in [2.75, 3.05) is 66.6 Å². The summed E-state index contributed by atoms with van der Waals surface area (Å²) in [6, 6.07) is 0. The van der Waals surface area contributed by atoms with Gasteiger partial charge in [0.1, 0.15) is 0 Å². The quantitative estimate of drug-likeness (QED) is 0.799. The average molecular weight is 335 g/mol. The first-order valence-corrected chi connectivity index (χ1v) is 9.19. The van der Waals surface area contributed by atoms with Crippen LogP contribution in [0.2, 0.25) is 0 Å². The van der Waals surface area contributed by atoms with Crippen LogP contribution < -0.4 is 0 Å². The van der Waals surface area contributed by atoms with Gasteiger partial charge in [0.05, 0.1) is 19.4 Å². The largest absolute Gasteiger partial charge is 0.379 e. The van der Waals surface area contributed by atoms with E-state index in [1.54, 1.807) is 0 Å². The number of nitrogens with zero attached hydrogens (tertiary/aromatic N) is 5. The van der Waals surface area contributed by atoms with Gasteiger partial charge in [-0.25, -0.2) is 0 Å². The van der Waals surface area contributed by atoms with E-state index in [-0.39, 0.29) is 0 Å². The fourth-order valence-corrected chi connectivity index (χ4v) is 3.91. The molecule has 0 unspecified atom stereocenters. The van der Waals surface area contributed by atoms with Crippen molar-refractivity contribution in [3.63, 3.8) is 0 Å². The Hall–Kier alpha value is -0.950. The molecule has 6 heteroatoms. The number of ether oxygens (including phenoxy) is 1. The Morgan fingerprint density at radius 3 is 2.67 bits per heavy atom. The number of hydrogen-bond acceptors (Lipinski definition) is 5. The molecule has 0 radical (unpaired) electrons. The molecule has 1 aromatic rings. The highest BCUT2D eigenvalue weighted by molar-refractivity contribution is 5.04. The molecule has 0 amide bonds. The van der Waals surface area contributed by atoms with Gasteiger partial charge in [-0.1, -0.05) is 0 Å². The SMILES string of the molecule is CN(C)CCN1CCOCC2(CCN(Cc3cnn(C)c3)CC2)C1. The predicted molar refractivity (Wildman–Crippen MR) is 96.0 cm³/mol. The molecular weight excluding hydrogens is 302 g/mol. The summed E-state index contributed by atoms with van der Waals surface area (Å²) < 4.78 is 7.89. The van der Waals surface area contributed by atoms with Gasteiger partial charge < -0.3 is 9.64 Å². The van der Waals surface area contributed by atoms with Crippen LogP contribution in [0.25, 0.3) is 0 Å². The number of likely N-dealkylation sites (tertiary alicyclic amines) is 1. The molecule has 2 fully saturated rings. The van der Waals surface area contributed by atoms with Gasteiger partial charge in [-0.15, -0.1) is 0 Å². The van der Waals surface area contributed by atoms with Crippen LogP contribution in [0.5, 0.6) is 0 Å². The summed E-state index contributed by atoms with van der Waals surface area (Å²) in [5.41, 5.74) is 1.67. The van der Waals surface area contributed by atoms with Crippen LogP contribution >= 0.6 is 0 Å². The van der Waals surface area contributed by atoms with Gasteiger partial charge in [0.15, 0.2) is 0 Å². The maximum atomic E-state index is 5.99. The Labute approximate surface area is 146 Å². The summed E-state index contributed by atoms with van der Waals surface area (Å²) in [6.45, 7) is 9.73. The number of aryl methyl sites for hydroxylation is 1. The van der Waals surface area contributed by atoms with E-state index in [0.29, 0.717) is 5.41 Å². The van der Waals surface area contributed by atoms with Gasteiger partial charge >= 0.3 is 0 Å². The van der Waals surface area contributed by atoms with Crippen LogP contribution in [-0.2, 0) is 18.3 Å². The second-order valence-electron chi connectivity index (χ2n) is 7.93. The summed E-state index contributed by atoms with van der Waals surface area (Å²) in [5, 5.41) is 4.28. The van der Waals surface area contributed by atoms with Crippen molar-refractivity contribution in [3.8, 4) is 0 Å². The number of rotatable bonds is 5. The predicted octanol–water partition coefficient (Wildman–Crippen LogP) is 0.896. The lowest BCUT2D eigenvalue weighted by Crippen LogP contribution is -2.47. The van der Waals surface area contributed by atoms with Crippen molar-refractivity contribution in [3.05, 3.63) is 18.0 Å². The molecule has 0 aliphatic carbocycles. The van der Waals surface area contributed by atoms with Crippen molar-refractivity contribution < 1.29 is 4.74 Å². The maximum Gasteiger partial charge on any atom is 0.0593 e. The minimum Gasteiger partial charge on any atom is -0.379 e. The summed E-state index contributed by atoms with van der Waals surface area (Å²) >= 11 is 0. The molecule has 0 bridgehead atoms. The van der Waals surface area contributed by atoms with Crippen molar-refractivity contribution in [2.24, 2.45) is 12.5 Å². The number of aromatic nitrogens is 2. The molecule has 2 aliphatic rings. The zero-order chi connectivity index (χ0) is 17.0. The molecule has 2 saturated heterocycles. The Bertz CT molecular complexity index is 507. The van der Waals surface area contributed by atoms with Crippen LogP contribution in [0.1, 0.15) is 18.4 Å². The third-order valence-electron chi connectivity index (χ3n) is 5.46. The molecule has 0 N–H and O–H groups in total. The highest BCUT2D eigenvalue weighted by Gasteiger charge is 2.37. The zero-order valence-corrected chi connectivity index (χ0v) is 15.6. The average Bonchev–Trinajstić information content (AvgIpc) is 2.85. The van der Waals surface area contributed by atoms with Crippen molar-refractivity contribution >= 4 is 0 Å². The van der Waals surface area contributed by atoms with E-state index < -0.39 is 0 Å². The summed E-state index contributed by atoms with van der Waals surface area (Å²) in [5.74, 6) is 0. The van der Waals surface area contributed by atoms with E-state index in [0.717, 1.165) is 39.4 Å². The van der Waals surface area contributed by atoms with E-state index >= 15 is 0 Å². The van der Waals surface area contributed by atoms with Crippen LogP contribution in [0.15, 0.2) is 12.4 Å². The molecule has 2 aliphatic heterocycles. The summed E-state index contributed by atoms with van der Waals surface area (Å²) in [4.78, 5) is 7.45. The third kappa shape index (κ3) is 4.79. The van der Waals surface area contributed by atoms with Crippen molar-refractivity contribution in [1.29, 1.82) is 0 Å². The standard InChI is InChI=1S/C18H33N5O/c1-20(2)8-9-23-10-11-24-16-18(15-23)4-6-22(7-5-18)14-17-12-19-21(3)13-17/h12-13H,4-11,14-16H2,1-3H3. The minimum absolute atomic E-state index is 0.355. The fourth-order valence-electron chi connectivity index (χ4n) is 3.91. The molecule has 136 valence electrons. The van der Waals surface area contributed by atoms with Gasteiger partial charge in [0, 0.05) is 56.9 Å². The van der Waals surface area contributed by atoms with Gasteiger partial charge in [0.25, 0.3) is 0 Å². The highest BCUT2D eigenvalue weighted by atomic mass is 16.5. The molecule has 0 atom stereocenters. The number of hydrogen-bond donors (Lipinski definition) is 0. The molecule has 3 rings (SSSR count). The highest BCUT2D eigenvalue weighted by Crippen LogP contribution is 2.34. The minimum atomic E-state index is 0.355. The van der Waals surface area contributed by atoms with Gasteiger partial charge in [0.2, 0.25) is 0 Å². The van der Waals surface area contributed by atoms with E-state index in [4.69, 9.17) is 4.74 Å². The first-order chi connectivity index (χ1) is 11.5. The molecule has 1 spiro atoms. The molecular formula is C18H33N5O. The van der Waals surface area contributed by atoms with E-state index in [9.17, 15) is 0 Å². The monoisotopic (exact) mass is 335 g/mol. The Kier molecular flexibility index (Phi) is 5.92. The maximum absolute atomic E-state index is 5.99. The van der Waals surface area contributed by atoms with Gasteiger partial charge in [-0.2, -0.15) is 5.10 Å². The molecule has 0 aromatic carbocycles. The lowest BCUT2D eigenvalue weighted by molar-refractivity contribution is 0.0127. The lowest BCUT2D eigenvalue weighted by atomic mass is 9.78. The topological polar surface area (TPSA) is 36.8 Å². The number of piperidine rings is 1. The molecule has 24 heavy (non-hydrogen) atoms. The zero-order valence-electron chi connectivity index (χ0n) is 15.6. The Balaban J connectivity index is 1.52. The second kappa shape index (κ2) is 7.95. The van der Waals surface area contributed by atoms with E-state index in [2.05, 4.69) is 40.1 Å². The summed E-state index contributed by atoms with van der Waals surface area (Å²) in [7, 11) is 6.29. The van der Waals surface area contributed by atoms with Crippen LogP contribution in [0.3, 0.4) is 0 Å². The molecule has 3 heterocycles.